The third-order valence-electron chi connectivity index (χ3n) is 8.03. The zero-order valence-corrected chi connectivity index (χ0v) is 23.7. The van der Waals surface area contributed by atoms with E-state index in [1.165, 1.54) is 78.5 Å². The molecular formula is C36H45NO2. The van der Waals surface area contributed by atoms with Crippen molar-refractivity contribution in [2.24, 2.45) is 11.8 Å². The lowest BCUT2D eigenvalue weighted by Crippen LogP contribution is -2.19. The number of rotatable bonds is 15. The summed E-state index contributed by atoms with van der Waals surface area (Å²) in [5.41, 5.74) is 7.87. The predicted molar refractivity (Wildman–Crippen MR) is 162 cm³/mol. The summed E-state index contributed by atoms with van der Waals surface area (Å²) in [4.78, 5) is 15.4. The monoisotopic (exact) mass is 523 g/mol. The lowest BCUT2D eigenvalue weighted by molar-refractivity contribution is -0.271. The van der Waals surface area contributed by atoms with Gasteiger partial charge >= 0.3 is 0 Å². The first-order valence-electron chi connectivity index (χ1n) is 14.8. The highest BCUT2D eigenvalue weighted by molar-refractivity contribution is 5.63. The lowest BCUT2D eigenvalue weighted by Gasteiger charge is -2.28. The van der Waals surface area contributed by atoms with Crippen molar-refractivity contribution < 1.29 is 9.78 Å². The Kier molecular flexibility index (Phi) is 11.4. The smallest absolute Gasteiger partial charge is 0.139 e. The van der Waals surface area contributed by atoms with Crippen molar-refractivity contribution >= 4 is 0 Å². The molecule has 2 aromatic carbocycles. The molecular weight excluding hydrogens is 478 g/mol. The summed E-state index contributed by atoms with van der Waals surface area (Å²) in [7, 11) is 0. The molecule has 3 heteroatoms. The Morgan fingerprint density at radius 1 is 0.821 bits per heavy atom. The van der Waals surface area contributed by atoms with Gasteiger partial charge in [-0.25, -0.2) is 0 Å². The van der Waals surface area contributed by atoms with Crippen LogP contribution in [-0.2, 0) is 29.0 Å². The fourth-order valence-electron chi connectivity index (χ4n) is 5.46. The van der Waals surface area contributed by atoms with Crippen LogP contribution in [0.1, 0.15) is 73.8 Å². The Morgan fingerprint density at radius 3 is 2.13 bits per heavy atom. The van der Waals surface area contributed by atoms with E-state index in [0.29, 0.717) is 24.7 Å². The van der Waals surface area contributed by atoms with Gasteiger partial charge in [0.15, 0.2) is 0 Å². The van der Waals surface area contributed by atoms with Gasteiger partial charge in [-0.2, -0.15) is 4.89 Å². The van der Waals surface area contributed by atoms with E-state index in [1.807, 2.05) is 0 Å². The highest BCUT2D eigenvalue weighted by Gasteiger charge is 2.21. The summed E-state index contributed by atoms with van der Waals surface area (Å²) < 4.78 is 0. The van der Waals surface area contributed by atoms with Crippen molar-refractivity contribution in [2.75, 3.05) is 6.61 Å². The van der Waals surface area contributed by atoms with Gasteiger partial charge < -0.3 is 4.89 Å². The van der Waals surface area contributed by atoms with Crippen LogP contribution in [0.2, 0.25) is 0 Å². The molecule has 0 amide bonds. The number of nitrogens with zero attached hydrogens (tertiary/aromatic N) is 1. The molecule has 1 aromatic heterocycles. The van der Waals surface area contributed by atoms with Crippen molar-refractivity contribution in [3.05, 3.63) is 114 Å². The molecule has 0 atom stereocenters. The van der Waals surface area contributed by atoms with E-state index in [2.05, 4.69) is 86.9 Å². The van der Waals surface area contributed by atoms with Crippen LogP contribution in [0.25, 0.3) is 11.1 Å². The Morgan fingerprint density at radius 2 is 1.46 bits per heavy atom. The highest BCUT2D eigenvalue weighted by Crippen LogP contribution is 2.32. The van der Waals surface area contributed by atoms with Crippen LogP contribution >= 0.6 is 0 Å². The topological polar surface area (TPSA) is 31.4 Å². The maximum Gasteiger partial charge on any atom is 0.139 e. The largest absolute Gasteiger partial charge is 0.342 e. The third-order valence-corrected chi connectivity index (χ3v) is 8.03. The zero-order valence-electron chi connectivity index (χ0n) is 23.7. The minimum atomic E-state index is 0.594. The van der Waals surface area contributed by atoms with Gasteiger partial charge in [-0.1, -0.05) is 85.7 Å². The summed E-state index contributed by atoms with van der Waals surface area (Å²) >= 11 is 0. The summed E-state index contributed by atoms with van der Waals surface area (Å²) in [6, 6.07) is 22.3. The summed E-state index contributed by atoms with van der Waals surface area (Å²) in [6.45, 7) is 10.3. The van der Waals surface area contributed by atoms with Gasteiger partial charge in [0.25, 0.3) is 0 Å². The molecule has 0 N–H and O–H groups in total. The first-order chi connectivity index (χ1) is 19.1. The quantitative estimate of drug-likeness (QED) is 0.0653. The molecule has 0 unspecified atom stereocenters. The van der Waals surface area contributed by atoms with E-state index in [0.717, 1.165) is 25.2 Å². The van der Waals surface area contributed by atoms with Gasteiger partial charge in [0.1, 0.15) is 5.76 Å². The van der Waals surface area contributed by atoms with Crippen molar-refractivity contribution in [1.29, 1.82) is 0 Å². The number of hydrogen-bond acceptors (Lipinski definition) is 3. The second-order valence-electron chi connectivity index (χ2n) is 11.3. The summed E-state index contributed by atoms with van der Waals surface area (Å²) in [6.07, 6.45) is 16.4. The minimum absolute atomic E-state index is 0.594. The lowest BCUT2D eigenvalue weighted by atomic mass is 9.80. The molecule has 4 rings (SSSR count). The molecule has 0 radical (unpaired) electrons. The number of pyridine rings is 1. The zero-order chi connectivity index (χ0) is 27.3. The van der Waals surface area contributed by atoms with Crippen LogP contribution in [-0.4, -0.2) is 11.6 Å². The maximum absolute atomic E-state index is 5.39. The van der Waals surface area contributed by atoms with Gasteiger partial charge in [0.2, 0.25) is 0 Å². The van der Waals surface area contributed by atoms with Gasteiger partial charge in [0, 0.05) is 18.3 Å². The number of hydrogen-bond donors (Lipinski definition) is 0. The molecule has 1 aliphatic rings. The predicted octanol–water partition coefficient (Wildman–Crippen LogP) is 9.40. The van der Waals surface area contributed by atoms with E-state index in [-0.39, 0.29) is 0 Å². The molecule has 0 spiro atoms. The van der Waals surface area contributed by atoms with Crippen LogP contribution in [0.5, 0.6) is 0 Å². The van der Waals surface area contributed by atoms with Crippen LogP contribution in [0.3, 0.4) is 0 Å². The second-order valence-corrected chi connectivity index (χ2v) is 11.3. The van der Waals surface area contributed by atoms with Crippen molar-refractivity contribution in [2.45, 2.75) is 77.6 Å². The van der Waals surface area contributed by atoms with Gasteiger partial charge in [-0.05, 0) is 98.4 Å². The molecule has 0 aliphatic heterocycles. The highest BCUT2D eigenvalue weighted by atomic mass is 17.2. The SMILES string of the molecule is C=CCC(=C)OOCC1CCC(CCc2ccc(CCCCc3ccc(-c4ccc(C)cc4)cc3)nc2)CC1. The second kappa shape index (κ2) is 15.4. The molecule has 39 heavy (non-hydrogen) atoms. The average Bonchev–Trinajstić information content (AvgIpc) is 2.96. The van der Waals surface area contributed by atoms with E-state index in [1.54, 1.807) is 6.08 Å². The van der Waals surface area contributed by atoms with E-state index < -0.39 is 0 Å². The normalized spacial score (nSPS) is 17.1. The van der Waals surface area contributed by atoms with E-state index in [9.17, 15) is 0 Å². The minimum Gasteiger partial charge on any atom is -0.342 e. The molecule has 3 aromatic rings. The Hall–Kier alpha value is -3.17. The molecule has 0 saturated heterocycles. The number of benzene rings is 2. The van der Waals surface area contributed by atoms with Gasteiger partial charge in [-0.3, -0.25) is 4.98 Å². The van der Waals surface area contributed by atoms with Crippen LogP contribution in [0.4, 0.5) is 0 Å². The third kappa shape index (κ3) is 9.82. The van der Waals surface area contributed by atoms with Crippen molar-refractivity contribution in [1.82, 2.24) is 4.98 Å². The molecule has 0 bridgehead atoms. The summed E-state index contributed by atoms with van der Waals surface area (Å²) in [5.74, 6) is 2.03. The standard InChI is InChI=1S/C36H45NO2/c1-4-7-29(3)39-38-27-33-16-13-31(14-17-33)12-15-32-20-25-36(37-26-32)9-6-5-8-30-18-23-35(24-19-30)34-21-10-28(2)11-22-34/h4,10-11,18-26,31,33H,1,3,5-9,12-17,27H2,2H3. The Balaban J connectivity index is 1.08. The van der Waals surface area contributed by atoms with Gasteiger partial charge in [0.05, 0.1) is 6.61 Å². The molecule has 206 valence electrons. The average molecular weight is 524 g/mol. The van der Waals surface area contributed by atoms with Crippen LogP contribution in [0, 0.1) is 18.8 Å². The van der Waals surface area contributed by atoms with Crippen molar-refractivity contribution in [3.8, 4) is 11.1 Å². The number of unbranched alkanes of at least 4 members (excludes halogenated alkanes) is 1. The van der Waals surface area contributed by atoms with E-state index in [4.69, 9.17) is 14.8 Å². The molecule has 1 saturated carbocycles. The number of aromatic nitrogens is 1. The maximum atomic E-state index is 5.39. The fraction of sp³-hybridized carbons (Fsp3) is 0.417. The first kappa shape index (κ1) is 28.8. The van der Waals surface area contributed by atoms with Crippen LogP contribution in [0.15, 0.2) is 91.9 Å². The Bertz CT molecular complexity index is 1140. The Labute approximate surface area is 235 Å². The van der Waals surface area contributed by atoms with E-state index >= 15 is 0 Å². The molecule has 1 aliphatic carbocycles. The van der Waals surface area contributed by atoms with Crippen molar-refractivity contribution in [3.63, 3.8) is 0 Å². The molecule has 3 nitrogen and oxygen atoms in total. The number of aryl methyl sites for hydroxylation is 4. The first-order valence-corrected chi connectivity index (χ1v) is 14.8. The fourth-order valence-corrected chi connectivity index (χ4v) is 5.46. The van der Waals surface area contributed by atoms with Crippen LogP contribution < -0.4 is 0 Å². The number of allylic oxidation sites excluding steroid dienone is 1. The molecule has 1 fully saturated rings. The molecule has 1 heterocycles. The summed E-state index contributed by atoms with van der Waals surface area (Å²) in [5, 5.41) is 0. The van der Waals surface area contributed by atoms with Gasteiger partial charge in [-0.15, -0.1) is 6.58 Å².